The first-order valence-electron chi connectivity index (χ1n) is 12.2. The lowest BCUT2D eigenvalue weighted by atomic mass is 9.76. The van der Waals surface area contributed by atoms with Crippen LogP contribution >= 0.6 is 34.8 Å². The number of rotatable bonds is 7. The second kappa shape index (κ2) is 15.3. The summed E-state index contributed by atoms with van der Waals surface area (Å²) >= 11 is 17.8. The molecular formula is C27H39Cl3N2O3S. The van der Waals surface area contributed by atoms with E-state index in [0.29, 0.717) is 49.2 Å². The number of piperazine rings is 1. The van der Waals surface area contributed by atoms with Crippen LogP contribution in [0.4, 0.5) is 0 Å². The highest BCUT2D eigenvalue weighted by atomic mass is 35.5. The average molecular weight is 578 g/mol. The van der Waals surface area contributed by atoms with Gasteiger partial charge in [-0.3, -0.25) is 4.79 Å². The van der Waals surface area contributed by atoms with Crippen LogP contribution in [0.5, 0.6) is 0 Å². The number of carbonyl (C=O) groups is 1. The molecule has 0 amide bonds. The number of hydrogen-bond acceptors (Lipinski definition) is 4. The highest BCUT2D eigenvalue weighted by Crippen LogP contribution is 2.33. The lowest BCUT2D eigenvalue weighted by molar-refractivity contribution is -0.122. The standard InChI is InChI=1S/C17H24Cl2N2O3S.C8H9Cl.C2H6/c1-13(22)17(2,14-4-5-15(18)16(19)12-14)6-7-20-8-10-21(11-9-20)25(3,23)24;1-2-7-4-3-5-8(9)6-7;1-2/h4-5,12H,6-11H2,1-3H3;3-6H,2H2,1H3;1-2H3. The fourth-order valence-electron chi connectivity index (χ4n) is 3.79. The normalized spacial score (nSPS) is 16.1. The number of benzene rings is 2. The van der Waals surface area contributed by atoms with Crippen LogP contribution < -0.4 is 0 Å². The van der Waals surface area contributed by atoms with Crippen molar-refractivity contribution in [2.75, 3.05) is 39.0 Å². The molecule has 2 aromatic rings. The predicted molar refractivity (Wildman–Crippen MR) is 154 cm³/mol. The molecule has 9 heteroatoms. The van der Waals surface area contributed by atoms with Gasteiger partial charge in [0, 0.05) is 31.2 Å². The lowest BCUT2D eigenvalue weighted by Gasteiger charge is -2.36. The van der Waals surface area contributed by atoms with Crippen LogP contribution in [0.1, 0.15) is 52.2 Å². The van der Waals surface area contributed by atoms with Crippen LogP contribution in [-0.2, 0) is 26.7 Å². The molecular weight excluding hydrogens is 539 g/mol. The SMILES string of the molecule is CC.CC(=O)C(C)(CCN1CCN(S(C)(=O)=O)CC1)c1ccc(Cl)c(Cl)c1.CCc1cccc(Cl)c1. The molecule has 3 rings (SSSR count). The van der Waals surface area contributed by atoms with Gasteiger partial charge in [0.05, 0.1) is 21.7 Å². The highest BCUT2D eigenvalue weighted by Gasteiger charge is 2.33. The Morgan fingerprint density at radius 1 is 0.972 bits per heavy atom. The summed E-state index contributed by atoms with van der Waals surface area (Å²) in [5.74, 6) is 0.0701. The van der Waals surface area contributed by atoms with Crippen LogP contribution in [0, 0.1) is 0 Å². The Morgan fingerprint density at radius 3 is 2.03 bits per heavy atom. The Hall–Kier alpha value is -1.15. The topological polar surface area (TPSA) is 57.7 Å². The van der Waals surface area contributed by atoms with Crippen molar-refractivity contribution in [1.29, 1.82) is 0 Å². The summed E-state index contributed by atoms with van der Waals surface area (Å²) in [7, 11) is -3.13. The van der Waals surface area contributed by atoms with Crippen molar-refractivity contribution in [2.24, 2.45) is 0 Å². The molecule has 1 heterocycles. The highest BCUT2D eigenvalue weighted by molar-refractivity contribution is 7.88. The van der Waals surface area contributed by atoms with Gasteiger partial charge in [-0.2, -0.15) is 4.31 Å². The van der Waals surface area contributed by atoms with Crippen molar-refractivity contribution in [2.45, 2.75) is 52.9 Å². The van der Waals surface area contributed by atoms with Gasteiger partial charge in [0.25, 0.3) is 0 Å². The largest absolute Gasteiger partial charge is 0.301 e. The Kier molecular flexibility index (Phi) is 14.0. The Bertz CT molecular complexity index is 1090. The smallest absolute Gasteiger partial charge is 0.211 e. The Labute approximate surface area is 232 Å². The summed E-state index contributed by atoms with van der Waals surface area (Å²) in [4.78, 5) is 14.5. The minimum atomic E-state index is -3.13. The number of ketones is 1. The van der Waals surface area contributed by atoms with Crippen molar-refractivity contribution < 1.29 is 13.2 Å². The molecule has 1 aliphatic heterocycles. The van der Waals surface area contributed by atoms with Gasteiger partial charge in [-0.05, 0) is 68.6 Å². The van der Waals surface area contributed by atoms with Crippen molar-refractivity contribution >= 4 is 50.6 Å². The van der Waals surface area contributed by atoms with Crippen LogP contribution in [0.3, 0.4) is 0 Å². The van der Waals surface area contributed by atoms with E-state index in [1.807, 2.05) is 45.0 Å². The fraction of sp³-hybridized carbons (Fsp3) is 0.519. The molecule has 0 spiro atoms. The molecule has 0 N–H and O–H groups in total. The van der Waals surface area contributed by atoms with Crippen LogP contribution in [0.25, 0.3) is 0 Å². The third-order valence-electron chi connectivity index (χ3n) is 6.36. The Morgan fingerprint density at radius 2 is 1.58 bits per heavy atom. The molecule has 1 aliphatic rings. The quantitative estimate of drug-likeness (QED) is 0.366. The van der Waals surface area contributed by atoms with E-state index in [2.05, 4.69) is 17.9 Å². The van der Waals surface area contributed by atoms with Crippen molar-refractivity contribution in [3.05, 3.63) is 68.7 Å². The van der Waals surface area contributed by atoms with E-state index in [1.165, 1.54) is 16.1 Å². The van der Waals surface area contributed by atoms with Gasteiger partial charge in [-0.15, -0.1) is 0 Å². The zero-order valence-corrected chi connectivity index (χ0v) is 25.2. The maximum atomic E-state index is 12.3. The number of nitrogens with zero attached hydrogens (tertiary/aromatic N) is 2. The molecule has 1 unspecified atom stereocenters. The molecule has 36 heavy (non-hydrogen) atoms. The molecule has 1 atom stereocenters. The molecule has 0 bridgehead atoms. The third-order valence-corrected chi connectivity index (χ3v) is 8.64. The molecule has 1 fully saturated rings. The summed E-state index contributed by atoms with van der Waals surface area (Å²) < 4.78 is 24.7. The predicted octanol–water partition coefficient (Wildman–Crippen LogP) is 6.74. The van der Waals surface area contributed by atoms with E-state index < -0.39 is 15.4 Å². The first-order valence-corrected chi connectivity index (χ1v) is 15.2. The fourth-order valence-corrected chi connectivity index (χ4v) is 5.12. The van der Waals surface area contributed by atoms with E-state index in [-0.39, 0.29) is 5.78 Å². The van der Waals surface area contributed by atoms with E-state index in [9.17, 15) is 13.2 Å². The molecule has 5 nitrogen and oxygen atoms in total. The first-order chi connectivity index (χ1) is 16.9. The zero-order chi connectivity index (χ0) is 27.5. The minimum absolute atomic E-state index is 0.0701. The zero-order valence-electron chi connectivity index (χ0n) is 22.2. The molecule has 0 aliphatic carbocycles. The summed E-state index contributed by atoms with van der Waals surface area (Å²) in [6.07, 6.45) is 2.93. The van der Waals surface area contributed by atoms with E-state index in [1.54, 1.807) is 19.1 Å². The summed E-state index contributed by atoms with van der Waals surface area (Å²) in [5, 5.41) is 1.73. The van der Waals surface area contributed by atoms with Gasteiger partial charge < -0.3 is 4.90 Å². The average Bonchev–Trinajstić information content (AvgIpc) is 2.85. The molecule has 0 radical (unpaired) electrons. The third kappa shape index (κ3) is 9.96. The monoisotopic (exact) mass is 576 g/mol. The molecule has 202 valence electrons. The van der Waals surface area contributed by atoms with Crippen molar-refractivity contribution in [3.8, 4) is 0 Å². The van der Waals surface area contributed by atoms with Gasteiger partial charge in [0.15, 0.2) is 0 Å². The van der Waals surface area contributed by atoms with Gasteiger partial charge in [-0.25, -0.2) is 8.42 Å². The lowest BCUT2D eigenvalue weighted by Crippen LogP contribution is -2.49. The molecule has 2 aromatic carbocycles. The van der Waals surface area contributed by atoms with Crippen LogP contribution in [0.2, 0.25) is 15.1 Å². The molecule has 0 saturated carbocycles. The summed E-state index contributed by atoms with van der Waals surface area (Å²) in [6.45, 7) is 12.7. The number of carbonyl (C=O) groups excluding carboxylic acids is 1. The van der Waals surface area contributed by atoms with E-state index in [0.717, 1.165) is 17.0 Å². The van der Waals surface area contributed by atoms with Gasteiger partial charge in [0.1, 0.15) is 5.78 Å². The van der Waals surface area contributed by atoms with Crippen molar-refractivity contribution in [1.82, 2.24) is 9.21 Å². The van der Waals surface area contributed by atoms with E-state index >= 15 is 0 Å². The maximum Gasteiger partial charge on any atom is 0.211 e. The number of aryl methyl sites for hydroxylation is 1. The second-order valence-corrected chi connectivity index (χ2v) is 12.0. The number of halogens is 3. The molecule has 0 aromatic heterocycles. The maximum absolute atomic E-state index is 12.3. The first kappa shape index (κ1) is 32.9. The number of sulfonamides is 1. The second-order valence-electron chi connectivity index (χ2n) is 8.75. The molecule has 1 saturated heterocycles. The van der Waals surface area contributed by atoms with Crippen molar-refractivity contribution in [3.63, 3.8) is 0 Å². The number of hydrogen-bond donors (Lipinski definition) is 0. The number of Topliss-reactive ketones (excluding diaryl/α,β-unsaturated/α-hetero) is 1. The summed E-state index contributed by atoms with van der Waals surface area (Å²) in [5.41, 5.74) is 1.49. The summed E-state index contributed by atoms with van der Waals surface area (Å²) in [6, 6.07) is 13.2. The Balaban J connectivity index is 0.000000491. The minimum Gasteiger partial charge on any atom is -0.301 e. The van der Waals surface area contributed by atoms with Gasteiger partial charge in [-0.1, -0.05) is 73.8 Å². The van der Waals surface area contributed by atoms with Crippen LogP contribution in [-0.4, -0.2) is 62.4 Å². The van der Waals surface area contributed by atoms with Gasteiger partial charge >= 0.3 is 0 Å². The van der Waals surface area contributed by atoms with E-state index in [4.69, 9.17) is 34.8 Å². The van der Waals surface area contributed by atoms with Gasteiger partial charge in [0.2, 0.25) is 10.0 Å². The van der Waals surface area contributed by atoms with Crippen LogP contribution in [0.15, 0.2) is 42.5 Å².